The highest BCUT2D eigenvalue weighted by atomic mass is 19.1. The van der Waals surface area contributed by atoms with Gasteiger partial charge in [-0.2, -0.15) is 0 Å². The molecule has 2 saturated heterocycles. The lowest BCUT2D eigenvalue weighted by Gasteiger charge is -2.18. The molecule has 1 aromatic heterocycles. The minimum atomic E-state index is -0.252. The van der Waals surface area contributed by atoms with Gasteiger partial charge in [-0.3, -0.25) is 4.98 Å². The molecular weight excluding hydrogens is 193 g/mol. The van der Waals surface area contributed by atoms with Crippen molar-refractivity contribution in [3.8, 4) is 0 Å². The first-order valence-electron chi connectivity index (χ1n) is 5.42. The Balaban J connectivity index is 1.79. The SMILES string of the molecule is Fc1cncc(N2C[C@H]3CCN[C@H]3C2)c1. The Morgan fingerprint density at radius 2 is 2.33 bits per heavy atom. The molecule has 3 rings (SSSR count). The van der Waals surface area contributed by atoms with Gasteiger partial charge in [-0.05, 0) is 18.9 Å². The topological polar surface area (TPSA) is 28.2 Å². The van der Waals surface area contributed by atoms with E-state index < -0.39 is 0 Å². The summed E-state index contributed by atoms with van der Waals surface area (Å²) in [4.78, 5) is 6.11. The molecule has 1 aromatic rings. The van der Waals surface area contributed by atoms with Gasteiger partial charge >= 0.3 is 0 Å². The number of hydrogen-bond donors (Lipinski definition) is 1. The molecule has 15 heavy (non-hydrogen) atoms. The van der Waals surface area contributed by atoms with E-state index in [2.05, 4.69) is 15.2 Å². The van der Waals surface area contributed by atoms with Gasteiger partial charge in [0.05, 0.1) is 18.1 Å². The third-order valence-electron chi connectivity index (χ3n) is 3.42. The van der Waals surface area contributed by atoms with E-state index in [0.29, 0.717) is 6.04 Å². The standard InChI is InChI=1S/C11H14FN3/c12-9-3-10(5-13-4-9)15-6-8-1-2-14-11(8)7-15/h3-5,8,11,14H,1-2,6-7H2/t8-,11+/m1/s1. The molecule has 0 aliphatic carbocycles. The van der Waals surface area contributed by atoms with E-state index in [1.807, 2.05) is 0 Å². The molecule has 80 valence electrons. The maximum absolute atomic E-state index is 13.0. The van der Waals surface area contributed by atoms with Gasteiger partial charge in [0.2, 0.25) is 0 Å². The van der Waals surface area contributed by atoms with Crippen LogP contribution < -0.4 is 10.2 Å². The van der Waals surface area contributed by atoms with Crippen molar-refractivity contribution in [3.63, 3.8) is 0 Å². The van der Waals surface area contributed by atoms with E-state index >= 15 is 0 Å². The summed E-state index contributed by atoms with van der Waals surface area (Å²) in [7, 11) is 0. The Morgan fingerprint density at radius 3 is 3.13 bits per heavy atom. The lowest BCUT2D eigenvalue weighted by atomic mass is 10.1. The molecule has 0 radical (unpaired) electrons. The first-order chi connectivity index (χ1) is 7.33. The molecule has 0 amide bonds. The maximum Gasteiger partial charge on any atom is 0.143 e. The molecule has 2 aliphatic rings. The fourth-order valence-corrected chi connectivity index (χ4v) is 2.63. The van der Waals surface area contributed by atoms with Gasteiger partial charge in [0.25, 0.3) is 0 Å². The second kappa shape index (κ2) is 3.45. The van der Waals surface area contributed by atoms with Gasteiger partial charge in [0, 0.05) is 25.2 Å². The van der Waals surface area contributed by atoms with Crippen molar-refractivity contribution in [1.82, 2.24) is 10.3 Å². The summed E-state index contributed by atoms with van der Waals surface area (Å²) in [5, 5.41) is 3.48. The van der Waals surface area contributed by atoms with Crippen LogP contribution in [0.3, 0.4) is 0 Å². The van der Waals surface area contributed by atoms with Crippen LogP contribution in [0.25, 0.3) is 0 Å². The molecule has 0 bridgehead atoms. The maximum atomic E-state index is 13.0. The summed E-state index contributed by atoms with van der Waals surface area (Å²) in [6, 6.07) is 2.15. The van der Waals surface area contributed by atoms with Crippen molar-refractivity contribution in [2.24, 2.45) is 5.92 Å². The van der Waals surface area contributed by atoms with Gasteiger partial charge in [-0.1, -0.05) is 0 Å². The Hall–Kier alpha value is -1.16. The lowest BCUT2D eigenvalue weighted by molar-refractivity contribution is 0.556. The number of nitrogens with one attached hydrogen (secondary N) is 1. The second-order valence-corrected chi connectivity index (χ2v) is 4.38. The van der Waals surface area contributed by atoms with Crippen LogP contribution in [0, 0.1) is 11.7 Å². The first-order valence-corrected chi connectivity index (χ1v) is 5.42. The molecule has 3 nitrogen and oxygen atoms in total. The molecule has 2 aliphatic heterocycles. The molecule has 0 spiro atoms. The summed E-state index contributed by atoms with van der Waals surface area (Å²) in [6.45, 7) is 3.14. The predicted octanol–water partition coefficient (Wildman–Crippen LogP) is 1.02. The van der Waals surface area contributed by atoms with Crippen molar-refractivity contribution >= 4 is 5.69 Å². The minimum Gasteiger partial charge on any atom is -0.368 e. The zero-order valence-corrected chi connectivity index (χ0v) is 8.49. The Labute approximate surface area is 88.3 Å². The van der Waals surface area contributed by atoms with E-state index in [9.17, 15) is 4.39 Å². The molecule has 2 atom stereocenters. The second-order valence-electron chi connectivity index (χ2n) is 4.38. The molecule has 0 unspecified atom stereocenters. The average Bonchev–Trinajstić information content (AvgIpc) is 2.76. The third kappa shape index (κ3) is 1.59. The molecule has 4 heteroatoms. The highest BCUT2D eigenvalue weighted by Crippen LogP contribution is 2.28. The van der Waals surface area contributed by atoms with Crippen LogP contribution in [0.2, 0.25) is 0 Å². The van der Waals surface area contributed by atoms with Crippen LogP contribution >= 0.6 is 0 Å². The van der Waals surface area contributed by atoms with Crippen LogP contribution in [0.1, 0.15) is 6.42 Å². The van der Waals surface area contributed by atoms with Gasteiger partial charge in [0.15, 0.2) is 0 Å². The van der Waals surface area contributed by atoms with Gasteiger partial charge < -0.3 is 10.2 Å². The first kappa shape index (κ1) is 9.09. The quantitative estimate of drug-likeness (QED) is 0.745. The number of hydrogen-bond acceptors (Lipinski definition) is 3. The Kier molecular flexibility index (Phi) is 2.09. The fraction of sp³-hybridized carbons (Fsp3) is 0.545. The lowest BCUT2D eigenvalue weighted by Crippen LogP contribution is -2.30. The largest absolute Gasteiger partial charge is 0.368 e. The average molecular weight is 207 g/mol. The van der Waals surface area contributed by atoms with E-state index in [0.717, 1.165) is 31.2 Å². The van der Waals surface area contributed by atoms with Crippen molar-refractivity contribution in [1.29, 1.82) is 0 Å². The highest BCUT2D eigenvalue weighted by molar-refractivity contribution is 5.46. The summed E-state index contributed by atoms with van der Waals surface area (Å²) >= 11 is 0. The zero-order valence-electron chi connectivity index (χ0n) is 8.49. The summed E-state index contributed by atoms with van der Waals surface area (Å²) in [5.74, 6) is 0.478. The number of anilines is 1. The molecule has 3 heterocycles. The number of fused-ring (bicyclic) bond motifs is 1. The Morgan fingerprint density at radius 1 is 1.40 bits per heavy atom. The summed E-state index contributed by atoms with van der Waals surface area (Å²) < 4.78 is 13.0. The Bertz CT molecular complexity index is 357. The molecular formula is C11H14FN3. The van der Waals surface area contributed by atoms with Gasteiger partial charge in [0.1, 0.15) is 5.82 Å². The molecule has 0 saturated carbocycles. The van der Waals surface area contributed by atoms with E-state index in [1.54, 1.807) is 12.3 Å². The highest BCUT2D eigenvalue weighted by Gasteiger charge is 2.35. The summed E-state index contributed by atoms with van der Waals surface area (Å²) in [5.41, 5.74) is 0.909. The monoisotopic (exact) mass is 207 g/mol. The van der Waals surface area contributed by atoms with Crippen LogP contribution in [0.4, 0.5) is 10.1 Å². The summed E-state index contributed by atoms with van der Waals surface area (Å²) in [6.07, 6.45) is 4.23. The molecule has 1 N–H and O–H groups in total. The van der Waals surface area contributed by atoms with Crippen LogP contribution in [-0.4, -0.2) is 30.7 Å². The normalized spacial score (nSPS) is 29.5. The molecule has 0 aromatic carbocycles. The number of aromatic nitrogens is 1. The van der Waals surface area contributed by atoms with Crippen molar-refractivity contribution < 1.29 is 4.39 Å². The number of pyridine rings is 1. The van der Waals surface area contributed by atoms with E-state index in [-0.39, 0.29) is 5.82 Å². The van der Waals surface area contributed by atoms with Crippen molar-refractivity contribution in [2.45, 2.75) is 12.5 Å². The zero-order chi connectivity index (χ0) is 10.3. The third-order valence-corrected chi connectivity index (χ3v) is 3.42. The van der Waals surface area contributed by atoms with Gasteiger partial charge in [-0.25, -0.2) is 4.39 Å². The fourth-order valence-electron chi connectivity index (χ4n) is 2.63. The van der Waals surface area contributed by atoms with Gasteiger partial charge in [-0.15, -0.1) is 0 Å². The van der Waals surface area contributed by atoms with Crippen LogP contribution in [0.5, 0.6) is 0 Å². The van der Waals surface area contributed by atoms with Crippen molar-refractivity contribution in [3.05, 3.63) is 24.3 Å². The predicted molar refractivity (Wildman–Crippen MR) is 56.3 cm³/mol. The van der Waals surface area contributed by atoms with Crippen molar-refractivity contribution in [2.75, 3.05) is 24.5 Å². The number of nitrogens with zero attached hydrogens (tertiary/aromatic N) is 2. The van der Waals surface area contributed by atoms with Crippen LogP contribution in [-0.2, 0) is 0 Å². The smallest absolute Gasteiger partial charge is 0.143 e. The van der Waals surface area contributed by atoms with E-state index in [4.69, 9.17) is 0 Å². The molecule has 2 fully saturated rings. The number of rotatable bonds is 1. The van der Waals surface area contributed by atoms with Crippen LogP contribution in [0.15, 0.2) is 18.5 Å². The van der Waals surface area contributed by atoms with E-state index in [1.165, 1.54) is 12.6 Å². The number of halogens is 1. The minimum absolute atomic E-state index is 0.252.